The average molecular weight is 571 g/mol. The Hall–Kier alpha value is -3.26. The number of piperidine rings is 1. The molecule has 2 saturated heterocycles. The molecule has 8 rings (SSSR count). The van der Waals surface area contributed by atoms with E-state index in [9.17, 15) is 19.5 Å². The van der Waals surface area contributed by atoms with E-state index in [0.29, 0.717) is 23.5 Å². The summed E-state index contributed by atoms with van der Waals surface area (Å²) in [5.41, 5.74) is 1.24. The standard InChI is InChI=1S/C34H42N4O4/c39-31-15-7-14-29(37(31)21-32(40)41)33-34(42)38(28-13-6-5-12-27(28)35-33)30-19-25-11-4-3-10-24(30)20-36(25)26-17-22-8-1-2-9-23(16-22)18-26/h5-7,12-15,22-26,30H,1-4,8-11,16-21H2,(H,40,41). The van der Waals surface area contributed by atoms with E-state index in [4.69, 9.17) is 4.98 Å². The van der Waals surface area contributed by atoms with Gasteiger partial charge in [-0.3, -0.25) is 23.9 Å². The zero-order valence-corrected chi connectivity index (χ0v) is 24.4. The SMILES string of the molecule is O=C(O)Cn1c(-c2nc3ccccc3n(C3CC4CCCCC3CN4C3CC4CCCCC(C4)C3)c2=O)cccc1=O. The molecule has 5 atom stereocenters. The molecular weight excluding hydrogens is 528 g/mol. The molecule has 3 aliphatic carbocycles. The molecule has 4 bridgehead atoms. The lowest BCUT2D eigenvalue weighted by molar-refractivity contribution is -0.137. The van der Waals surface area contributed by atoms with Crippen molar-refractivity contribution >= 4 is 17.0 Å². The van der Waals surface area contributed by atoms with Crippen LogP contribution >= 0.6 is 0 Å². The summed E-state index contributed by atoms with van der Waals surface area (Å²) < 4.78 is 3.13. The first kappa shape index (κ1) is 27.6. The van der Waals surface area contributed by atoms with Gasteiger partial charge in [-0.05, 0) is 74.5 Å². The maximum atomic E-state index is 14.5. The fraction of sp³-hybridized carbons (Fsp3) is 0.588. The highest BCUT2D eigenvalue weighted by atomic mass is 16.4. The topological polar surface area (TPSA) is 97.4 Å². The van der Waals surface area contributed by atoms with Crippen LogP contribution in [0.5, 0.6) is 0 Å². The Morgan fingerprint density at radius 1 is 0.833 bits per heavy atom. The lowest BCUT2D eigenvalue weighted by Gasteiger charge is -2.52. The van der Waals surface area contributed by atoms with Crippen LogP contribution in [0.3, 0.4) is 0 Å². The molecule has 1 aromatic carbocycles. The molecular formula is C34H42N4O4. The van der Waals surface area contributed by atoms with Crippen LogP contribution in [0.4, 0.5) is 0 Å². The largest absolute Gasteiger partial charge is 0.480 e. The minimum Gasteiger partial charge on any atom is -0.480 e. The minimum atomic E-state index is -1.13. The van der Waals surface area contributed by atoms with Crippen LogP contribution in [-0.2, 0) is 11.3 Å². The van der Waals surface area contributed by atoms with Crippen LogP contribution in [0.15, 0.2) is 52.1 Å². The van der Waals surface area contributed by atoms with Gasteiger partial charge in [0.15, 0.2) is 5.69 Å². The Morgan fingerprint density at radius 3 is 2.36 bits per heavy atom. The van der Waals surface area contributed by atoms with Gasteiger partial charge in [0.25, 0.3) is 11.1 Å². The highest BCUT2D eigenvalue weighted by Crippen LogP contribution is 2.46. The number of rotatable bonds is 5. The monoisotopic (exact) mass is 570 g/mol. The van der Waals surface area contributed by atoms with Gasteiger partial charge in [-0.15, -0.1) is 0 Å². The molecule has 2 aromatic heterocycles. The molecule has 0 radical (unpaired) electrons. The van der Waals surface area contributed by atoms with Crippen LogP contribution < -0.4 is 11.1 Å². The molecule has 0 spiro atoms. The van der Waals surface area contributed by atoms with Crippen molar-refractivity contribution in [1.29, 1.82) is 0 Å². The van der Waals surface area contributed by atoms with Crippen molar-refractivity contribution in [1.82, 2.24) is 19.0 Å². The van der Waals surface area contributed by atoms with Crippen LogP contribution in [0.25, 0.3) is 22.4 Å². The Balaban J connectivity index is 1.30. The highest BCUT2D eigenvalue weighted by Gasteiger charge is 2.43. The lowest BCUT2D eigenvalue weighted by atomic mass is 9.73. The Kier molecular flexibility index (Phi) is 7.51. The number of carbonyl (C=O) groups is 1. The van der Waals surface area contributed by atoms with Crippen LogP contribution in [0.1, 0.15) is 83.1 Å². The van der Waals surface area contributed by atoms with Crippen LogP contribution in [0, 0.1) is 17.8 Å². The van der Waals surface area contributed by atoms with E-state index in [2.05, 4.69) is 4.90 Å². The fourth-order valence-electron chi connectivity index (χ4n) is 9.08. The Bertz CT molecular complexity index is 1580. The van der Waals surface area contributed by atoms with E-state index in [1.807, 2.05) is 28.8 Å². The van der Waals surface area contributed by atoms with Crippen molar-refractivity contribution in [3.05, 3.63) is 63.2 Å². The third-order valence-electron chi connectivity index (χ3n) is 10.9. The predicted molar refractivity (Wildman–Crippen MR) is 163 cm³/mol. The second kappa shape index (κ2) is 11.4. The quantitative estimate of drug-likeness (QED) is 0.437. The number of aliphatic carboxylic acids is 1. The molecule has 1 N–H and O–H groups in total. The molecule has 3 saturated carbocycles. The predicted octanol–water partition coefficient (Wildman–Crippen LogP) is 5.47. The van der Waals surface area contributed by atoms with E-state index in [-0.39, 0.29) is 23.0 Å². The molecule has 2 aliphatic heterocycles. The van der Waals surface area contributed by atoms with Gasteiger partial charge in [-0.1, -0.05) is 56.7 Å². The summed E-state index contributed by atoms with van der Waals surface area (Å²) in [6.45, 7) is 0.516. The van der Waals surface area contributed by atoms with Gasteiger partial charge in [-0.2, -0.15) is 0 Å². The van der Waals surface area contributed by atoms with E-state index in [1.165, 1.54) is 70.3 Å². The fourth-order valence-corrected chi connectivity index (χ4v) is 9.08. The number of para-hydroxylation sites is 2. The van der Waals surface area contributed by atoms with E-state index in [1.54, 1.807) is 12.1 Å². The van der Waals surface area contributed by atoms with E-state index in [0.717, 1.165) is 41.3 Å². The molecule has 222 valence electrons. The average Bonchev–Trinajstić information content (AvgIpc) is 3.13. The van der Waals surface area contributed by atoms with Gasteiger partial charge in [0, 0.05) is 30.7 Å². The molecule has 4 heterocycles. The molecule has 8 nitrogen and oxygen atoms in total. The summed E-state index contributed by atoms with van der Waals surface area (Å²) in [5.74, 6) is 0.976. The van der Waals surface area contributed by atoms with E-state index >= 15 is 0 Å². The summed E-state index contributed by atoms with van der Waals surface area (Å²) in [6.07, 6.45) is 15.3. The van der Waals surface area contributed by atoms with Gasteiger partial charge in [0.2, 0.25) is 0 Å². The van der Waals surface area contributed by atoms with Crippen molar-refractivity contribution in [2.75, 3.05) is 6.54 Å². The first-order valence-electron chi connectivity index (χ1n) is 16.2. The minimum absolute atomic E-state index is 0.0416. The first-order valence-corrected chi connectivity index (χ1v) is 16.2. The third kappa shape index (κ3) is 5.12. The van der Waals surface area contributed by atoms with Crippen molar-refractivity contribution < 1.29 is 9.90 Å². The summed E-state index contributed by atoms with van der Waals surface area (Å²) in [7, 11) is 0. The number of carboxylic acid groups (broad SMARTS) is 1. The summed E-state index contributed by atoms with van der Waals surface area (Å²) in [4.78, 5) is 46.5. The molecule has 0 amide bonds. The molecule has 5 aliphatic rings. The van der Waals surface area contributed by atoms with Crippen molar-refractivity contribution in [3.8, 4) is 11.4 Å². The lowest BCUT2D eigenvalue weighted by Crippen LogP contribution is -2.55. The number of hydrogen-bond acceptors (Lipinski definition) is 5. The number of carboxylic acids is 1. The molecule has 3 aromatic rings. The highest BCUT2D eigenvalue weighted by molar-refractivity contribution is 5.78. The van der Waals surface area contributed by atoms with Gasteiger partial charge in [0.05, 0.1) is 16.7 Å². The third-order valence-corrected chi connectivity index (χ3v) is 10.9. The summed E-state index contributed by atoms with van der Waals surface area (Å²) in [6, 6.07) is 13.5. The number of fused-ring (bicyclic) bond motifs is 8. The van der Waals surface area contributed by atoms with Gasteiger partial charge in [-0.25, -0.2) is 4.98 Å². The maximum absolute atomic E-state index is 14.5. The summed E-state index contributed by atoms with van der Waals surface area (Å²) >= 11 is 0. The zero-order valence-electron chi connectivity index (χ0n) is 24.4. The van der Waals surface area contributed by atoms with Crippen molar-refractivity contribution in [2.24, 2.45) is 17.8 Å². The molecule has 42 heavy (non-hydrogen) atoms. The number of hydrogen-bond donors (Lipinski definition) is 1. The number of pyridine rings is 1. The number of aromatic nitrogens is 3. The van der Waals surface area contributed by atoms with Crippen molar-refractivity contribution in [3.63, 3.8) is 0 Å². The smallest absolute Gasteiger partial charge is 0.323 e. The molecule has 5 fully saturated rings. The Labute approximate surface area is 246 Å². The van der Waals surface area contributed by atoms with E-state index < -0.39 is 18.1 Å². The molecule has 5 unspecified atom stereocenters. The van der Waals surface area contributed by atoms with Crippen LogP contribution in [-0.4, -0.2) is 48.7 Å². The zero-order chi connectivity index (χ0) is 28.8. The van der Waals surface area contributed by atoms with Gasteiger partial charge < -0.3 is 9.67 Å². The molecule has 8 heteroatoms. The number of nitrogens with zero attached hydrogens (tertiary/aromatic N) is 4. The Morgan fingerprint density at radius 2 is 1.57 bits per heavy atom. The first-order chi connectivity index (χ1) is 20.5. The maximum Gasteiger partial charge on any atom is 0.323 e. The van der Waals surface area contributed by atoms with Crippen molar-refractivity contribution in [2.45, 2.75) is 102 Å². The van der Waals surface area contributed by atoms with Gasteiger partial charge in [0.1, 0.15) is 6.54 Å². The second-order valence-electron chi connectivity index (χ2n) is 13.4. The summed E-state index contributed by atoms with van der Waals surface area (Å²) in [5, 5.41) is 9.52. The second-order valence-corrected chi connectivity index (χ2v) is 13.4. The number of benzene rings is 1. The van der Waals surface area contributed by atoms with Gasteiger partial charge >= 0.3 is 5.97 Å². The normalized spacial score (nSPS) is 30.0. The van der Waals surface area contributed by atoms with Crippen LogP contribution in [0.2, 0.25) is 0 Å².